The van der Waals surface area contributed by atoms with Gasteiger partial charge in [-0.2, -0.15) is 0 Å². The Labute approximate surface area is 177 Å². The zero-order valence-electron chi connectivity index (χ0n) is 15.8. The summed E-state index contributed by atoms with van der Waals surface area (Å²) in [6, 6.07) is 16.5. The Hall–Kier alpha value is -2.84. The molecule has 0 radical (unpaired) electrons. The van der Waals surface area contributed by atoms with Gasteiger partial charge in [0.1, 0.15) is 0 Å². The van der Waals surface area contributed by atoms with Crippen LogP contribution in [0.15, 0.2) is 59.8 Å². The molecule has 0 fully saturated rings. The molecule has 1 heterocycles. The van der Waals surface area contributed by atoms with E-state index in [0.717, 1.165) is 11.3 Å². The van der Waals surface area contributed by atoms with E-state index in [0.29, 0.717) is 16.0 Å². The van der Waals surface area contributed by atoms with Gasteiger partial charge in [-0.05, 0) is 36.4 Å². The number of rotatable bonds is 8. The zero-order chi connectivity index (χ0) is 20.8. The van der Waals surface area contributed by atoms with Crippen molar-refractivity contribution in [2.45, 2.75) is 11.6 Å². The summed E-state index contributed by atoms with van der Waals surface area (Å²) in [7, 11) is 1.85. The van der Waals surface area contributed by atoms with Crippen LogP contribution in [0.3, 0.4) is 0 Å². The van der Waals surface area contributed by atoms with E-state index in [1.165, 1.54) is 11.8 Å². The smallest absolute Gasteiger partial charge is 0.237 e. The van der Waals surface area contributed by atoms with Crippen LogP contribution in [0.4, 0.5) is 5.69 Å². The van der Waals surface area contributed by atoms with E-state index in [2.05, 4.69) is 10.2 Å². The normalized spacial score (nSPS) is 10.7. The van der Waals surface area contributed by atoms with Crippen LogP contribution >= 0.6 is 23.4 Å². The third-order valence-electron chi connectivity index (χ3n) is 4.21. The molecule has 7 nitrogen and oxygen atoms in total. The molecule has 3 rings (SSSR count). The third-order valence-corrected chi connectivity index (χ3v) is 5.47. The van der Waals surface area contributed by atoms with Gasteiger partial charge in [-0.3, -0.25) is 9.59 Å². The number of thioether (sulfide) groups is 1. The summed E-state index contributed by atoms with van der Waals surface area (Å²) in [5.41, 5.74) is 6.86. The predicted molar refractivity (Wildman–Crippen MR) is 115 cm³/mol. The van der Waals surface area contributed by atoms with E-state index in [4.69, 9.17) is 17.3 Å². The van der Waals surface area contributed by atoms with Crippen molar-refractivity contribution in [1.82, 2.24) is 14.8 Å². The summed E-state index contributed by atoms with van der Waals surface area (Å²) in [4.78, 5) is 25.6. The van der Waals surface area contributed by atoms with Crippen LogP contribution in [0.5, 0.6) is 0 Å². The fourth-order valence-corrected chi connectivity index (χ4v) is 3.64. The summed E-state index contributed by atoms with van der Waals surface area (Å²) < 4.78 is 1.83. The summed E-state index contributed by atoms with van der Waals surface area (Å²) >= 11 is 7.22. The lowest BCUT2D eigenvalue weighted by molar-refractivity contribution is -0.118. The van der Waals surface area contributed by atoms with E-state index in [9.17, 15) is 9.59 Å². The molecule has 29 heavy (non-hydrogen) atoms. The van der Waals surface area contributed by atoms with Gasteiger partial charge in [0.05, 0.1) is 5.75 Å². The Balaban J connectivity index is 1.71. The second-order valence-electron chi connectivity index (χ2n) is 6.26. The lowest BCUT2D eigenvalue weighted by Crippen LogP contribution is -2.35. The average Bonchev–Trinajstić information content (AvgIpc) is 3.08. The molecule has 0 atom stereocenters. The van der Waals surface area contributed by atoms with Crippen LogP contribution in [-0.2, 0) is 16.6 Å². The van der Waals surface area contributed by atoms with Crippen molar-refractivity contribution in [1.29, 1.82) is 0 Å². The minimum absolute atomic E-state index is 0.0932. The van der Waals surface area contributed by atoms with E-state index in [1.807, 2.05) is 54.1 Å². The van der Waals surface area contributed by atoms with Gasteiger partial charge in [-0.25, -0.2) is 0 Å². The number of carbonyl (C=O) groups is 2. The summed E-state index contributed by atoms with van der Waals surface area (Å²) in [5.74, 6) is 0.247. The number of halogens is 1. The molecule has 2 aromatic carbocycles. The fraction of sp³-hybridized carbons (Fsp3) is 0.200. The first-order valence-electron chi connectivity index (χ1n) is 8.87. The van der Waals surface area contributed by atoms with E-state index in [1.54, 1.807) is 17.0 Å². The number of benzene rings is 2. The number of hydrogen-bond acceptors (Lipinski definition) is 5. The van der Waals surface area contributed by atoms with Crippen molar-refractivity contribution in [2.24, 2.45) is 12.8 Å². The number of nitrogens with two attached hydrogens (primary N) is 1. The van der Waals surface area contributed by atoms with Gasteiger partial charge in [0.2, 0.25) is 11.8 Å². The lowest BCUT2D eigenvalue weighted by atomic mass is 10.2. The highest BCUT2D eigenvalue weighted by molar-refractivity contribution is 7.99. The van der Waals surface area contributed by atoms with Crippen LogP contribution in [-0.4, -0.2) is 38.9 Å². The first-order chi connectivity index (χ1) is 14.0. The zero-order valence-corrected chi connectivity index (χ0v) is 17.4. The minimum atomic E-state index is -0.452. The number of aromatic nitrogens is 3. The van der Waals surface area contributed by atoms with Crippen LogP contribution in [0.1, 0.15) is 6.42 Å². The number of anilines is 1. The highest BCUT2D eigenvalue weighted by Gasteiger charge is 2.19. The number of hydrogen-bond donors (Lipinski definition) is 1. The molecule has 0 bridgehead atoms. The summed E-state index contributed by atoms with van der Waals surface area (Å²) in [6.07, 6.45) is 0.0932. The molecule has 3 aromatic rings. The molecule has 0 aliphatic rings. The molecule has 0 saturated heterocycles. The Morgan fingerprint density at radius 1 is 1.10 bits per heavy atom. The molecular weight excluding hydrogens is 410 g/mol. The second kappa shape index (κ2) is 9.58. The van der Waals surface area contributed by atoms with Gasteiger partial charge in [0.25, 0.3) is 0 Å². The number of primary amides is 1. The first-order valence-corrected chi connectivity index (χ1v) is 10.2. The van der Waals surface area contributed by atoms with Crippen molar-refractivity contribution in [3.63, 3.8) is 0 Å². The highest BCUT2D eigenvalue weighted by Crippen LogP contribution is 2.25. The van der Waals surface area contributed by atoms with Gasteiger partial charge in [-0.15, -0.1) is 10.2 Å². The van der Waals surface area contributed by atoms with E-state index in [-0.39, 0.29) is 24.6 Å². The van der Waals surface area contributed by atoms with Gasteiger partial charge in [0.15, 0.2) is 11.0 Å². The minimum Gasteiger partial charge on any atom is -0.370 e. The topological polar surface area (TPSA) is 94.1 Å². The fourth-order valence-electron chi connectivity index (χ4n) is 2.72. The van der Waals surface area contributed by atoms with Crippen LogP contribution in [0, 0.1) is 0 Å². The predicted octanol–water partition coefficient (Wildman–Crippen LogP) is 3.14. The van der Waals surface area contributed by atoms with Crippen LogP contribution in [0.25, 0.3) is 11.4 Å². The standard InChI is InChI=1S/C20H20ClN5O2S/c1-25-19(14-7-9-15(21)10-8-14)23-24-20(25)29-13-18(28)26(12-11-17(22)27)16-5-3-2-4-6-16/h2-10H,11-13H2,1H3,(H2,22,27). The van der Waals surface area contributed by atoms with Gasteiger partial charge in [0, 0.05) is 36.3 Å². The number of para-hydroxylation sites is 1. The molecule has 9 heteroatoms. The molecule has 2 amide bonds. The molecule has 0 saturated carbocycles. The van der Waals surface area contributed by atoms with Crippen molar-refractivity contribution in [3.05, 3.63) is 59.6 Å². The maximum atomic E-state index is 12.8. The van der Waals surface area contributed by atoms with Crippen molar-refractivity contribution < 1.29 is 9.59 Å². The lowest BCUT2D eigenvalue weighted by Gasteiger charge is -2.22. The molecule has 0 spiro atoms. The summed E-state index contributed by atoms with van der Waals surface area (Å²) in [6.45, 7) is 0.230. The monoisotopic (exact) mass is 429 g/mol. The first kappa shape index (κ1) is 20.9. The molecule has 1 aromatic heterocycles. The Kier molecular flexibility index (Phi) is 6.90. The summed E-state index contributed by atoms with van der Waals surface area (Å²) in [5, 5.41) is 9.67. The Bertz CT molecular complexity index is 992. The molecule has 2 N–H and O–H groups in total. The number of amides is 2. The van der Waals surface area contributed by atoms with Gasteiger partial charge >= 0.3 is 0 Å². The highest BCUT2D eigenvalue weighted by atomic mass is 35.5. The van der Waals surface area contributed by atoms with E-state index >= 15 is 0 Å². The quantitative estimate of drug-likeness (QED) is 0.555. The second-order valence-corrected chi connectivity index (χ2v) is 7.64. The average molecular weight is 430 g/mol. The third kappa shape index (κ3) is 5.36. The van der Waals surface area contributed by atoms with Crippen LogP contribution < -0.4 is 10.6 Å². The molecule has 0 unspecified atom stereocenters. The Morgan fingerprint density at radius 2 is 1.79 bits per heavy atom. The molecule has 150 valence electrons. The number of nitrogens with zero attached hydrogens (tertiary/aromatic N) is 4. The number of carbonyl (C=O) groups excluding carboxylic acids is 2. The van der Waals surface area contributed by atoms with Crippen molar-refractivity contribution in [3.8, 4) is 11.4 Å². The van der Waals surface area contributed by atoms with Crippen molar-refractivity contribution >= 4 is 40.9 Å². The maximum absolute atomic E-state index is 12.8. The molecular formula is C20H20ClN5O2S. The largest absolute Gasteiger partial charge is 0.370 e. The maximum Gasteiger partial charge on any atom is 0.237 e. The molecule has 0 aliphatic heterocycles. The van der Waals surface area contributed by atoms with Gasteiger partial charge < -0.3 is 15.2 Å². The molecule has 0 aliphatic carbocycles. The van der Waals surface area contributed by atoms with Crippen molar-refractivity contribution in [2.75, 3.05) is 17.2 Å². The van der Waals surface area contributed by atoms with Crippen LogP contribution in [0.2, 0.25) is 5.02 Å². The van der Waals surface area contributed by atoms with E-state index < -0.39 is 5.91 Å². The van der Waals surface area contributed by atoms with Gasteiger partial charge in [-0.1, -0.05) is 41.6 Å². The Morgan fingerprint density at radius 3 is 2.45 bits per heavy atom. The SMILES string of the molecule is Cn1c(SCC(=O)N(CCC(N)=O)c2ccccc2)nnc1-c1ccc(Cl)cc1.